The first kappa shape index (κ1) is 36.4. The van der Waals surface area contributed by atoms with Crippen LogP contribution >= 0.6 is 0 Å². The van der Waals surface area contributed by atoms with Gasteiger partial charge in [-0.15, -0.1) is 0 Å². The third kappa shape index (κ3) is 5.07. The number of para-hydroxylation sites is 1. The molecule has 12 rings (SSSR count). The topological polar surface area (TPSA) is 34.5 Å². The zero-order chi connectivity index (χ0) is 41.9. The van der Waals surface area contributed by atoms with Crippen molar-refractivity contribution in [3.05, 3.63) is 150 Å². The highest BCUT2D eigenvalue weighted by atomic mass is 16.3. The second-order valence-corrected chi connectivity index (χ2v) is 20.6. The van der Waals surface area contributed by atoms with E-state index in [-0.39, 0.29) is 23.1 Å². The van der Waals surface area contributed by atoms with E-state index in [0.717, 1.165) is 66.7 Å². The molecule has 2 aliphatic heterocycles. The lowest BCUT2D eigenvalue weighted by Crippen LogP contribution is -2.60. The maximum absolute atomic E-state index is 7.45. The van der Waals surface area contributed by atoms with E-state index in [1.807, 2.05) is 0 Å². The number of fused-ring (bicyclic) bond motifs is 15. The number of hydrogen-bond donors (Lipinski definition) is 0. The summed E-state index contributed by atoms with van der Waals surface area (Å²) in [6, 6.07) is 49.6. The number of furan rings is 2. The van der Waals surface area contributed by atoms with Crippen LogP contribution in [-0.2, 0) is 16.2 Å². The van der Waals surface area contributed by atoms with Crippen molar-refractivity contribution in [2.45, 2.75) is 78.6 Å². The van der Waals surface area contributed by atoms with E-state index in [9.17, 15) is 0 Å². The van der Waals surface area contributed by atoms with Crippen molar-refractivity contribution in [1.29, 1.82) is 0 Å². The highest BCUT2D eigenvalue weighted by Crippen LogP contribution is 2.53. The van der Waals surface area contributed by atoms with E-state index in [1.165, 1.54) is 55.1 Å². The Bertz CT molecular complexity index is 3470. The van der Waals surface area contributed by atoms with Gasteiger partial charge in [0.25, 0.3) is 0 Å². The quantitative estimate of drug-likeness (QED) is 0.164. The first-order chi connectivity index (χ1) is 29.2. The Kier molecular flexibility index (Phi) is 7.22. The van der Waals surface area contributed by atoms with Crippen molar-refractivity contribution in [2.75, 3.05) is 4.81 Å². The maximum Gasteiger partial charge on any atom is 0.376 e. The average molecular weight is 793 g/mol. The molecule has 0 spiro atoms. The Morgan fingerprint density at radius 3 is 1.92 bits per heavy atom. The SMILES string of the molecule is CC(C)(C)c1ccc(N2B3c4oc5cc(-c6ccccc6)ccc5c4-n4c5ccc(C(C)(C)C)cc5c5c6oc7ccccc7c6c(c3c54)-c3cc(C(C)(C)C)ccc32)cc1. The van der Waals surface area contributed by atoms with Crippen LogP contribution in [0.2, 0.25) is 0 Å². The van der Waals surface area contributed by atoms with Crippen LogP contribution in [0.25, 0.3) is 82.7 Å². The minimum atomic E-state index is -0.273. The smallest absolute Gasteiger partial charge is 0.376 e. The van der Waals surface area contributed by atoms with E-state index in [4.69, 9.17) is 8.83 Å². The van der Waals surface area contributed by atoms with Crippen LogP contribution in [0.15, 0.2) is 142 Å². The van der Waals surface area contributed by atoms with E-state index >= 15 is 0 Å². The predicted molar refractivity (Wildman–Crippen MR) is 258 cm³/mol. The normalized spacial score (nSPS) is 13.9. The van der Waals surface area contributed by atoms with Crippen LogP contribution in [0, 0.1) is 0 Å². The fourth-order valence-corrected chi connectivity index (χ4v) is 10.4. The molecule has 0 N–H and O–H groups in total. The molecule has 7 aromatic carbocycles. The molecule has 0 unspecified atom stereocenters. The lowest BCUT2D eigenvalue weighted by molar-refractivity contribution is 0.590. The van der Waals surface area contributed by atoms with Crippen LogP contribution in [0.4, 0.5) is 11.4 Å². The van der Waals surface area contributed by atoms with Crippen LogP contribution in [-0.4, -0.2) is 11.4 Å². The van der Waals surface area contributed by atoms with Crippen molar-refractivity contribution in [3.63, 3.8) is 0 Å². The molecule has 0 atom stereocenters. The summed E-state index contributed by atoms with van der Waals surface area (Å²) in [6.07, 6.45) is 0. The highest BCUT2D eigenvalue weighted by Gasteiger charge is 2.49. The van der Waals surface area contributed by atoms with Crippen molar-refractivity contribution in [3.8, 4) is 27.9 Å². The summed E-state index contributed by atoms with van der Waals surface area (Å²) in [7, 11) is 0. The van der Waals surface area contributed by atoms with Crippen molar-refractivity contribution < 1.29 is 8.83 Å². The van der Waals surface area contributed by atoms with Gasteiger partial charge in [-0.1, -0.05) is 141 Å². The number of hydrogen-bond acceptors (Lipinski definition) is 3. The summed E-state index contributed by atoms with van der Waals surface area (Å²) in [5.41, 5.74) is 19.2. The van der Waals surface area contributed by atoms with E-state index in [2.05, 4.69) is 205 Å². The Morgan fingerprint density at radius 2 is 1.18 bits per heavy atom. The van der Waals surface area contributed by atoms with Crippen LogP contribution < -0.4 is 15.9 Å². The zero-order valence-corrected chi connectivity index (χ0v) is 36.5. The summed E-state index contributed by atoms with van der Waals surface area (Å²) in [5, 5.41) is 5.77. The van der Waals surface area contributed by atoms with Gasteiger partial charge in [0.15, 0.2) is 0 Å². The molecule has 3 aromatic heterocycles. The Morgan fingerprint density at radius 1 is 0.508 bits per heavy atom. The van der Waals surface area contributed by atoms with E-state index in [1.54, 1.807) is 0 Å². The highest BCUT2D eigenvalue weighted by molar-refractivity contribution is 6.93. The lowest BCUT2D eigenvalue weighted by atomic mass is 9.46. The summed E-state index contributed by atoms with van der Waals surface area (Å²) < 4.78 is 17.2. The van der Waals surface area contributed by atoms with Gasteiger partial charge in [0.05, 0.1) is 22.1 Å². The largest absolute Gasteiger partial charge is 0.466 e. The Balaban J connectivity index is 1.31. The molecule has 0 saturated carbocycles. The van der Waals surface area contributed by atoms with Crippen LogP contribution in [0.3, 0.4) is 0 Å². The first-order valence-electron chi connectivity index (χ1n) is 21.8. The standard InChI is InChI=1S/C56H49BN2O2/c1-54(2,3)34-20-24-37(25-21-34)59-43-28-23-36(56(7,8)9)31-41(43)46-47-38-17-13-14-18-44(38)60-52(47)48-40-30-35(55(4,5)6)22-27-42(40)58-50-39-26-19-33(32-15-11-10-12-16-32)29-45(39)61-53(50)57(59)49(46)51(48)58/h10-31H,1-9H3. The second kappa shape index (κ2) is 12.1. The van der Waals surface area contributed by atoms with Gasteiger partial charge < -0.3 is 18.2 Å². The van der Waals surface area contributed by atoms with Gasteiger partial charge in [0, 0.05) is 38.5 Å². The van der Waals surface area contributed by atoms with E-state index in [0.29, 0.717) is 0 Å². The summed E-state index contributed by atoms with van der Waals surface area (Å²) >= 11 is 0. The molecule has 2 aliphatic rings. The summed E-state index contributed by atoms with van der Waals surface area (Å²) in [4.78, 5) is 2.57. The number of rotatable bonds is 2. The fraction of sp³-hybridized carbons (Fsp3) is 0.214. The minimum absolute atomic E-state index is 0.0205. The van der Waals surface area contributed by atoms with Gasteiger partial charge in [-0.2, -0.15) is 0 Å². The number of benzene rings is 7. The average Bonchev–Trinajstić information content (AvgIpc) is 3.92. The molecule has 5 heterocycles. The summed E-state index contributed by atoms with van der Waals surface area (Å²) in [5.74, 6) is 0. The van der Waals surface area contributed by atoms with Gasteiger partial charge in [0.1, 0.15) is 22.4 Å². The van der Waals surface area contributed by atoms with E-state index < -0.39 is 0 Å². The summed E-state index contributed by atoms with van der Waals surface area (Å²) in [6.45, 7) is 20.4. The lowest BCUT2D eigenvalue weighted by Gasteiger charge is -2.41. The molecule has 5 heteroatoms. The zero-order valence-electron chi connectivity index (χ0n) is 36.5. The van der Waals surface area contributed by atoms with Crippen LogP contribution in [0.1, 0.15) is 79.0 Å². The van der Waals surface area contributed by atoms with Gasteiger partial charge in [-0.05, 0) is 110 Å². The Labute approximate surface area is 357 Å². The molecule has 0 bridgehead atoms. The van der Waals surface area contributed by atoms with Gasteiger partial charge in [-0.3, -0.25) is 0 Å². The monoisotopic (exact) mass is 792 g/mol. The van der Waals surface area contributed by atoms with Gasteiger partial charge in [-0.25, -0.2) is 0 Å². The van der Waals surface area contributed by atoms with Gasteiger partial charge >= 0.3 is 6.85 Å². The van der Waals surface area contributed by atoms with Crippen LogP contribution in [0.5, 0.6) is 0 Å². The molecule has 0 saturated heterocycles. The first-order valence-corrected chi connectivity index (χ1v) is 21.8. The van der Waals surface area contributed by atoms with Crippen molar-refractivity contribution in [1.82, 2.24) is 4.57 Å². The van der Waals surface area contributed by atoms with Gasteiger partial charge in [0.2, 0.25) is 0 Å². The molecule has 298 valence electrons. The third-order valence-corrected chi connectivity index (χ3v) is 13.6. The van der Waals surface area contributed by atoms with Crippen molar-refractivity contribution in [2.24, 2.45) is 0 Å². The minimum Gasteiger partial charge on any atom is -0.466 e. The van der Waals surface area contributed by atoms with Crippen molar-refractivity contribution >= 4 is 84.1 Å². The molecule has 0 aliphatic carbocycles. The molecule has 10 aromatic rings. The fourth-order valence-electron chi connectivity index (χ4n) is 10.4. The number of nitrogens with zero attached hydrogens (tertiary/aromatic N) is 2. The molecule has 0 radical (unpaired) electrons. The Hall–Kier alpha value is -6.46. The molecule has 0 amide bonds. The molecular formula is C56H49BN2O2. The molecule has 4 nitrogen and oxygen atoms in total. The predicted octanol–water partition coefficient (Wildman–Crippen LogP) is 14.2. The maximum atomic E-state index is 7.45. The third-order valence-electron chi connectivity index (χ3n) is 13.6. The number of aromatic nitrogens is 1. The molecule has 0 fully saturated rings. The second-order valence-electron chi connectivity index (χ2n) is 20.6. The molecule has 61 heavy (non-hydrogen) atoms. The molecular weight excluding hydrogens is 743 g/mol. The number of anilines is 2.